The van der Waals surface area contributed by atoms with Gasteiger partial charge in [0, 0.05) is 49.3 Å². The van der Waals surface area contributed by atoms with Gasteiger partial charge in [-0.05, 0) is 43.4 Å². The summed E-state index contributed by atoms with van der Waals surface area (Å²) < 4.78 is 48.9. The Labute approximate surface area is 194 Å². The maximum absolute atomic E-state index is 12.5. The van der Waals surface area contributed by atoms with E-state index in [1.165, 1.54) is 6.20 Å². The van der Waals surface area contributed by atoms with Crippen LogP contribution in [0.2, 0.25) is 0 Å². The van der Waals surface area contributed by atoms with E-state index in [9.17, 15) is 18.0 Å². The molecule has 4 heterocycles. The van der Waals surface area contributed by atoms with Crippen LogP contribution in [0.15, 0.2) is 30.7 Å². The number of aryl methyl sites for hydroxylation is 1. The smallest absolute Gasteiger partial charge is 0.422 e. The highest BCUT2D eigenvalue weighted by Crippen LogP contribution is 2.22. The number of rotatable bonds is 8. The van der Waals surface area contributed by atoms with Crippen molar-refractivity contribution < 1.29 is 27.4 Å². The molecule has 1 N–H and O–H groups in total. The standard InChI is InChI=1S/C23H26F3N5O3/c1-15-8-17(11-29-22(15)34-14-23(24,25)26)12-31-13-18-19(30-31)2-5-27-20(18)9-21(32)28-10-16-3-6-33-7-4-16/h2,5,8,11,13,16H,3-4,6-7,9-10,12,14H2,1H3,(H,28,32). The van der Waals surface area contributed by atoms with Crippen LogP contribution in [0.3, 0.4) is 0 Å². The van der Waals surface area contributed by atoms with Gasteiger partial charge in [0.25, 0.3) is 0 Å². The maximum Gasteiger partial charge on any atom is 0.422 e. The number of hydrogen-bond donors (Lipinski definition) is 1. The zero-order valence-corrected chi connectivity index (χ0v) is 18.8. The van der Waals surface area contributed by atoms with Gasteiger partial charge in [0.1, 0.15) is 0 Å². The molecule has 34 heavy (non-hydrogen) atoms. The van der Waals surface area contributed by atoms with E-state index >= 15 is 0 Å². The van der Waals surface area contributed by atoms with Crippen LogP contribution in [-0.4, -0.2) is 58.2 Å². The summed E-state index contributed by atoms with van der Waals surface area (Å²) in [6.07, 6.45) is 2.53. The number of nitrogens with zero attached hydrogens (tertiary/aromatic N) is 4. The fraction of sp³-hybridized carbons (Fsp3) is 0.478. The number of halogens is 3. The molecule has 0 bridgehead atoms. The largest absolute Gasteiger partial charge is 0.468 e. The van der Waals surface area contributed by atoms with E-state index in [1.54, 1.807) is 29.9 Å². The summed E-state index contributed by atoms with van der Waals surface area (Å²) in [5, 5.41) is 8.31. The lowest BCUT2D eigenvalue weighted by Crippen LogP contribution is -2.33. The van der Waals surface area contributed by atoms with E-state index in [0.717, 1.165) is 37.0 Å². The quantitative estimate of drug-likeness (QED) is 0.536. The summed E-state index contributed by atoms with van der Waals surface area (Å²) in [6.45, 7) is 2.72. The summed E-state index contributed by atoms with van der Waals surface area (Å²) in [6, 6.07) is 3.49. The topological polar surface area (TPSA) is 91.2 Å². The molecular formula is C23H26F3N5O3. The number of pyridine rings is 2. The van der Waals surface area contributed by atoms with E-state index in [4.69, 9.17) is 9.47 Å². The zero-order chi connectivity index (χ0) is 24.1. The summed E-state index contributed by atoms with van der Waals surface area (Å²) in [5.74, 6) is 0.296. The highest BCUT2D eigenvalue weighted by atomic mass is 19.4. The van der Waals surface area contributed by atoms with Gasteiger partial charge in [-0.1, -0.05) is 0 Å². The Balaban J connectivity index is 1.40. The molecule has 1 amide bonds. The van der Waals surface area contributed by atoms with Crippen molar-refractivity contribution in [2.75, 3.05) is 26.4 Å². The number of hydrogen-bond acceptors (Lipinski definition) is 6. The molecule has 11 heteroatoms. The van der Waals surface area contributed by atoms with Crippen LogP contribution >= 0.6 is 0 Å². The van der Waals surface area contributed by atoms with Gasteiger partial charge < -0.3 is 14.8 Å². The van der Waals surface area contributed by atoms with Crippen LogP contribution in [-0.2, 0) is 22.5 Å². The van der Waals surface area contributed by atoms with E-state index in [2.05, 4.69) is 20.4 Å². The van der Waals surface area contributed by atoms with E-state index in [1.807, 2.05) is 6.20 Å². The number of fused-ring (bicyclic) bond motifs is 1. The molecule has 8 nitrogen and oxygen atoms in total. The number of carbonyl (C=O) groups excluding carboxylic acids is 1. The third-order valence-corrected chi connectivity index (χ3v) is 5.62. The van der Waals surface area contributed by atoms with E-state index < -0.39 is 12.8 Å². The summed E-state index contributed by atoms with van der Waals surface area (Å²) in [5.41, 5.74) is 2.60. The van der Waals surface area contributed by atoms with Gasteiger partial charge in [-0.15, -0.1) is 0 Å². The first-order valence-corrected chi connectivity index (χ1v) is 11.1. The van der Waals surface area contributed by atoms with Crippen LogP contribution in [0, 0.1) is 12.8 Å². The fourth-order valence-corrected chi connectivity index (χ4v) is 3.89. The maximum atomic E-state index is 12.5. The SMILES string of the molecule is Cc1cc(Cn2cc3c(CC(=O)NCC4CCOCC4)nccc3n2)cnc1OCC(F)(F)F. The van der Waals surface area contributed by atoms with Crippen molar-refractivity contribution >= 4 is 16.8 Å². The predicted octanol–water partition coefficient (Wildman–Crippen LogP) is 3.21. The lowest BCUT2D eigenvalue weighted by Gasteiger charge is -2.22. The number of alkyl halides is 3. The Morgan fingerprint density at radius 3 is 2.82 bits per heavy atom. The second-order valence-corrected chi connectivity index (χ2v) is 8.42. The minimum atomic E-state index is -4.42. The zero-order valence-electron chi connectivity index (χ0n) is 18.8. The van der Waals surface area contributed by atoms with Crippen molar-refractivity contribution in [2.45, 2.75) is 38.9 Å². The molecule has 0 saturated carbocycles. The molecule has 0 atom stereocenters. The van der Waals surface area contributed by atoms with Gasteiger partial charge in [-0.2, -0.15) is 18.3 Å². The Morgan fingerprint density at radius 1 is 1.29 bits per heavy atom. The number of nitrogens with one attached hydrogen (secondary N) is 1. The molecule has 0 aliphatic carbocycles. The Bertz CT molecular complexity index is 1140. The molecule has 0 unspecified atom stereocenters. The highest BCUT2D eigenvalue weighted by Gasteiger charge is 2.29. The lowest BCUT2D eigenvalue weighted by molar-refractivity contribution is -0.154. The molecule has 0 radical (unpaired) electrons. The van der Waals surface area contributed by atoms with Crippen LogP contribution in [0.25, 0.3) is 10.9 Å². The minimum absolute atomic E-state index is 0.0510. The van der Waals surface area contributed by atoms with Gasteiger partial charge in [0.05, 0.1) is 24.2 Å². The molecule has 0 spiro atoms. The Kier molecular flexibility index (Phi) is 7.30. The third kappa shape index (κ3) is 6.43. The average molecular weight is 477 g/mol. The van der Waals surface area contributed by atoms with E-state index in [0.29, 0.717) is 35.8 Å². The highest BCUT2D eigenvalue weighted by molar-refractivity contribution is 5.86. The molecular weight excluding hydrogens is 451 g/mol. The number of ether oxygens (including phenoxy) is 2. The molecule has 182 valence electrons. The molecule has 1 fully saturated rings. The molecule has 1 aliphatic rings. The van der Waals surface area contributed by atoms with Crippen molar-refractivity contribution in [1.29, 1.82) is 0 Å². The van der Waals surface area contributed by atoms with Crippen molar-refractivity contribution in [1.82, 2.24) is 25.1 Å². The second-order valence-electron chi connectivity index (χ2n) is 8.42. The fourth-order valence-electron chi connectivity index (χ4n) is 3.89. The van der Waals surface area contributed by atoms with Gasteiger partial charge in [-0.3, -0.25) is 14.5 Å². The van der Waals surface area contributed by atoms with E-state index in [-0.39, 0.29) is 18.2 Å². The lowest BCUT2D eigenvalue weighted by atomic mass is 10.0. The summed E-state index contributed by atoms with van der Waals surface area (Å²) in [4.78, 5) is 20.9. The van der Waals surface area contributed by atoms with Crippen molar-refractivity contribution in [2.24, 2.45) is 5.92 Å². The van der Waals surface area contributed by atoms with Crippen LogP contribution in [0.4, 0.5) is 13.2 Å². The second kappa shape index (κ2) is 10.4. The normalized spacial score (nSPS) is 14.9. The van der Waals surface area contributed by atoms with Gasteiger partial charge in [0.2, 0.25) is 11.8 Å². The Morgan fingerprint density at radius 2 is 2.09 bits per heavy atom. The van der Waals surface area contributed by atoms with Crippen LogP contribution in [0.5, 0.6) is 5.88 Å². The first-order chi connectivity index (χ1) is 16.3. The monoisotopic (exact) mass is 477 g/mol. The number of carbonyl (C=O) groups is 1. The average Bonchev–Trinajstić information content (AvgIpc) is 3.21. The van der Waals surface area contributed by atoms with Crippen molar-refractivity contribution in [3.8, 4) is 5.88 Å². The molecule has 3 aromatic heterocycles. The number of amides is 1. The third-order valence-electron chi connectivity index (χ3n) is 5.62. The molecule has 1 aliphatic heterocycles. The molecule has 4 rings (SSSR count). The van der Waals surface area contributed by atoms with Crippen LogP contribution in [0.1, 0.15) is 29.7 Å². The number of aromatic nitrogens is 4. The molecule has 0 aromatic carbocycles. The summed E-state index contributed by atoms with van der Waals surface area (Å²) >= 11 is 0. The van der Waals surface area contributed by atoms with Crippen molar-refractivity contribution in [3.63, 3.8) is 0 Å². The predicted molar refractivity (Wildman–Crippen MR) is 117 cm³/mol. The first kappa shape index (κ1) is 23.9. The van der Waals surface area contributed by atoms with Crippen molar-refractivity contribution in [3.05, 3.63) is 47.5 Å². The molecule has 1 saturated heterocycles. The van der Waals surface area contributed by atoms with Gasteiger partial charge in [0.15, 0.2) is 6.61 Å². The van der Waals surface area contributed by atoms with Crippen LogP contribution < -0.4 is 10.1 Å². The summed E-state index contributed by atoms with van der Waals surface area (Å²) in [7, 11) is 0. The van der Waals surface area contributed by atoms with Gasteiger partial charge >= 0.3 is 6.18 Å². The molecule has 3 aromatic rings. The minimum Gasteiger partial charge on any atom is -0.468 e. The first-order valence-electron chi connectivity index (χ1n) is 11.1. The van der Waals surface area contributed by atoms with Gasteiger partial charge in [-0.25, -0.2) is 4.98 Å². The Hall–Kier alpha value is -3.21.